The van der Waals surface area contributed by atoms with Crippen molar-refractivity contribution >= 4 is 11.7 Å². The largest absolute Gasteiger partial charge is 0.340 e. The number of carbonyl (C=O) groups excluding carboxylic acids is 2. The summed E-state index contributed by atoms with van der Waals surface area (Å²) in [4.78, 5) is 32.8. The molecule has 378 valence electrons. The first-order valence-corrected chi connectivity index (χ1v) is 28.5. The third-order valence-corrected chi connectivity index (χ3v) is 15.1. The van der Waals surface area contributed by atoms with Crippen LogP contribution in [-0.2, 0) is 9.59 Å². The number of piperazine rings is 2. The van der Waals surface area contributed by atoms with E-state index in [0.29, 0.717) is 29.4 Å². The molecular formula is C56H107N7O2. The molecule has 0 spiro atoms. The second kappa shape index (κ2) is 40.3. The van der Waals surface area contributed by atoms with Crippen molar-refractivity contribution in [2.24, 2.45) is 29.4 Å². The van der Waals surface area contributed by atoms with Crippen molar-refractivity contribution in [3.63, 3.8) is 0 Å². The molecule has 2 heterocycles. The predicted octanol–water partition coefficient (Wildman–Crippen LogP) is 10.7. The Hall–Kier alpha value is -1.62. The number of ketones is 1. The number of allylic oxidation sites excluding steroid dienone is 4. The van der Waals surface area contributed by atoms with E-state index in [1.54, 1.807) is 0 Å². The molecule has 2 aliphatic heterocycles. The molecule has 3 rings (SSSR count). The van der Waals surface area contributed by atoms with Gasteiger partial charge in [-0.25, -0.2) is 0 Å². The molecule has 5 N–H and O–H groups in total. The van der Waals surface area contributed by atoms with Crippen molar-refractivity contribution in [2.45, 2.75) is 200 Å². The number of Topliss-reactive ketones (excluding diaryl/α,β-unsaturated/α-hetero) is 1. The number of rotatable bonds is 42. The zero-order valence-corrected chi connectivity index (χ0v) is 43.0. The molecule has 65 heavy (non-hydrogen) atoms. The molecule has 2 fully saturated rings. The fourth-order valence-electron chi connectivity index (χ4n) is 10.8. The normalized spacial score (nSPS) is 20.9. The first kappa shape index (κ1) is 57.7. The highest BCUT2D eigenvalue weighted by atomic mass is 16.2. The maximum absolute atomic E-state index is 13.1. The van der Waals surface area contributed by atoms with Gasteiger partial charge < -0.3 is 26.6 Å². The van der Waals surface area contributed by atoms with Crippen LogP contribution in [0.5, 0.6) is 0 Å². The van der Waals surface area contributed by atoms with E-state index < -0.39 is 0 Å². The average Bonchev–Trinajstić information content (AvgIpc) is 3.32. The molecule has 3 aliphatic rings. The summed E-state index contributed by atoms with van der Waals surface area (Å²) in [5.74, 6) is 3.62. The van der Waals surface area contributed by atoms with Gasteiger partial charge in [0.05, 0.1) is 0 Å². The predicted molar refractivity (Wildman–Crippen MR) is 280 cm³/mol. The summed E-state index contributed by atoms with van der Waals surface area (Å²) in [7, 11) is 0. The zero-order valence-electron chi connectivity index (χ0n) is 43.0. The Kier molecular flexibility index (Phi) is 35.8. The summed E-state index contributed by atoms with van der Waals surface area (Å²) in [5.41, 5.74) is 5.59. The molecule has 2 saturated heterocycles. The lowest BCUT2D eigenvalue weighted by molar-refractivity contribution is -0.133. The van der Waals surface area contributed by atoms with Gasteiger partial charge in [-0.1, -0.05) is 141 Å². The molecule has 0 aromatic rings. The number of hydrogen-bond donors (Lipinski definition) is 4. The quantitative estimate of drug-likeness (QED) is 0.0355. The highest BCUT2D eigenvalue weighted by Crippen LogP contribution is 2.43. The molecule has 1 amide bonds. The van der Waals surface area contributed by atoms with E-state index >= 15 is 0 Å². The molecule has 0 aromatic carbocycles. The van der Waals surface area contributed by atoms with Crippen LogP contribution < -0.4 is 21.7 Å². The third-order valence-electron chi connectivity index (χ3n) is 15.1. The Morgan fingerprint density at radius 3 is 1.82 bits per heavy atom. The Balaban J connectivity index is 1.37. The van der Waals surface area contributed by atoms with Crippen LogP contribution in [0.3, 0.4) is 0 Å². The maximum atomic E-state index is 13.1. The Morgan fingerprint density at radius 2 is 1.11 bits per heavy atom. The van der Waals surface area contributed by atoms with E-state index in [1.165, 1.54) is 154 Å². The van der Waals surface area contributed by atoms with Gasteiger partial charge in [0.1, 0.15) is 5.78 Å². The molecule has 4 unspecified atom stereocenters. The summed E-state index contributed by atoms with van der Waals surface area (Å²) in [6, 6.07) is 0. The number of hydrogen-bond acceptors (Lipinski definition) is 8. The highest BCUT2D eigenvalue weighted by molar-refractivity contribution is 5.78. The summed E-state index contributed by atoms with van der Waals surface area (Å²) in [6.07, 6.45) is 45.4. The number of nitrogens with zero attached hydrogens (tertiary/aromatic N) is 3. The van der Waals surface area contributed by atoms with Crippen molar-refractivity contribution in [3.05, 3.63) is 24.3 Å². The van der Waals surface area contributed by atoms with Crippen LogP contribution >= 0.6 is 0 Å². The van der Waals surface area contributed by atoms with Gasteiger partial charge in [0.25, 0.3) is 0 Å². The third kappa shape index (κ3) is 28.5. The topological polar surface area (TPSA) is 106 Å². The van der Waals surface area contributed by atoms with Crippen LogP contribution in [-0.4, -0.2) is 125 Å². The van der Waals surface area contributed by atoms with E-state index in [2.05, 4.69) is 68.8 Å². The molecule has 9 nitrogen and oxygen atoms in total. The number of unbranched alkanes of at least 4 members (excludes halogenated alkanes) is 17. The van der Waals surface area contributed by atoms with Crippen molar-refractivity contribution in [1.29, 1.82) is 0 Å². The standard InChI is InChI=1S/C56H107N7O2/c1-3-5-7-9-14-21-31-54-51(27-18-8-6-4-2)34-35-52(28-19-12-10-13-20-29-53(64)30-26-38-58-37-25-17-24-36-57)55(54)32-22-15-11-16-23-33-56(65)63-49-47-62(48-50-63)46-42-60-41-45-61-43-39-59-40-44-61/h21,31,34-35,51-52,54-55,58-60H,3-20,22-30,32-33,36-50,57H2,1-2H3/b31-21+. The van der Waals surface area contributed by atoms with Gasteiger partial charge in [-0.15, -0.1) is 0 Å². The lowest BCUT2D eigenvalue weighted by Gasteiger charge is -2.39. The number of nitrogens with two attached hydrogens (primary N) is 1. The van der Waals surface area contributed by atoms with Gasteiger partial charge in [-0.3, -0.25) is 19.4 Å². The maximum Gasteiger partial charge on any atom is 0.222 e. The lowest BCUT2D eigenvalue weighted by Crippen LogP contribution is -2.50. The van der Waals surface area contributed by atoms with Crippen LogP contribution in [0.2, 0.25) is 0 Å². The van der Waals surface area contributed by atoms with Crippen LogP contribution in [0, 0.1) is 23.7 Å². The molecule has 9 heteroatoms. The van der Waals surface area contributed by atoms with Gasteiger partial charge in [0.15, 0.2) is 0 Å². The van der Waals surface area contributed by atoms with Gasteiger partial charge in [0.2, 0.25) is 5.91 Å². The van der Waals surface area contributed by atoms with E-state index in [9.17, 15) is 9.59 Å². The summed E-state index contributed by atoms with van der Waals surface area (Å²) < 4.78 is 0. The van der Waals surface area contributed by atoms with Crippen molar-refractivity contribution in [1.82, 2.24) is 30.7 Å². The van der Waals surface area contributed by atoms with E-state index in [1.807, 2.05) is 0 Å². The SMILES string of the molecule is CCCCCC/C=C/C1C(CCCCCC)C=CC(CCCCCCCC(=O)CCCNCCCCCN)C1CCCCCCCC(=O)N1CCN(CCNCCN2CCNCC2)CC1. The summed E-state index contributed by atoms with van der Waals surface area (Å²) >= 11 is 0. The molecule has 0 bridgehead atoms. The monoisotopic (exact) mass is 910 g/mol. The molecule has 1 aliphatic carbocycles. The first-order chi connectivity index (χ1) is 32.0. The summed E-state index contributed by atoms with van der Waals surface area (Å²) in [6.45, 7) is 20.1. The smallest absolute Gasteiger partial charge is 0.222 e. The molecular weight excluding hydrogens is 803 g/mol. The minimum atomic E-state index is 0.377. The molecule has 4 atom stereocenters. The Labute approximate surface area is 402 Å². The van der Waals surface area contributed by atoms with Crippen molar-refractivity contribution in [2.75, 3.05) is 98.2 Å². The molecule has 0 radical (unpaired) electrons. The van der Waals surface area contributed by atoms with Gasteiger partial charge >= 0.3 is 0 Å². The van der Waals surface area contributed by atoms with Crippen molar-refractivity contribution < 1.29 is 9.59 Å². The van der Waals surface area contributed by atoms with E-state index in [0.717, 1.165) is 136 Å². The Morgan fingerprint density at radius 1 is 0.569 bits per heavy atom. The molecule has 0 aromatic heterocycles. The fraction of sp³-hybridized carbons (Fsp3) is 0.893. The van der Waals surface area contributed by atoms with E-state index in [-0.39, 0.29) is 0 Å². The minimum Gasteiger partial charge on any atom is -0.340 e. The average molecular weight is 911 g/mol. The fourth-order valence-corrected chi connectivity index (χ4v) is 10.8. The second-order valence-electron chi connectivity index (χ2n) is 20.5. The van der Waals surface area contributed by atoms with Crippen molar-refractivity contribution in [3.8, 4) is 0 Å². The van der Waals surface area contributed by atoms with Gasteiger partial charge in [-0.05, 0) is 108 Å². The van der Waals surface area contributed by atoms with Crippen LogP contribution in [0.1, 0.15) is 200 Å². The number of nitrogens with one attached hydrogen (secondary N) is 3. The number of carbonyl (C=O) groups is 2. The van der Waals surface area contributed by atoms with E-state index in [4.69, 9.17) is 5.73 Å². The lowest BCUT2D eigenvalue weighted by atomic mass is 9.66. The van der Waals surface area contributed by atoms with Gasteiger partial charge in [0, 0.05) is 97.8 Å². The highest BCUT2D eigenvalue weighted by Gasteiger charge is 2.34. The first-order valence-electron chi connectivity index (χ1n) is 28.5. The van der Waals surface area contributed by atoms with Crippen LogP contribution in [0.15, 0.2) is 24.3 Å². The number of amides is 1. The van der Waals surface area contributed by atoms with Crippen LogP contribution in [0.4, 0.5) is 0 Å². The molecule has 0 saturated carbocycles. The van der Waals surface area contributed by atoms with Gasteiger partial charge in [-0.2, -0.15) is 0 Å². The Bertz CT molecular complexity index is 1180. The zero-order chi connectivity index (χ0) is 46.3. The minimum absolute atomic E-state index is 0.377. The van der Waals surface area contributed by atoms with Crippen LogP contribution in [0.25, 0.3) is 0 Å². The summed E-state index contributed by atoms with van der Waals surface area (Å²) in [5, 5.41) is 10.6. The second-order valence-corrected chi connectivity index (χ2v) is 20.5.